The first-order chi connectivity index (χ1) is 30.7. The molecule has 63 heavy (non-hydrogen) atoms. The van der Waals surface area contributed by atoms with Gasteiger partial charge in [-0.25, -0.2) is 0 Å². The van der Waals surface area contributed by atoms with E-state index >= 15 is 0 Å². The van der Waals surface area contributed by atoms with Gasteiger partial charge >= 0.3 is 11.9 Å². The van der Waals surface area contributed by atoms with E-state index in [0.717, 1.165) is 102 Å². The fourth-order valence-corrected chi connectivity index (χ4v) is 8.17. The molecule has 2 N–H and O–H groups in total. The molecule has 0 aromatic carbocycles. The zero-order valence-electron chi connectivity index (χ0n) is 42.3. The second-order valence-corrected chi connectivity index (χ2v) is 18.7. The Morgan fingerprint density at radius 1 is 0.667 bits per heavy atom. The highest BCUT2D eigenvalue weighted by atomic mass is 16.5. The summed E-state index contributed by atoms with van der Waals surface area (Å²) in [7, 11) is 4.01. The fraction of sp³-hybridized carbons (Fsp3) is 0.887. The van der Waals surface area contributed by atoms with Gasteiger partial charge in [0.15, 0.2) is 0 Å². The smallest absolute Gasteiger partial charge is 0.306 e. The number of esters is 2. The SMILES string of the molecule is CCCCCCCCC(CCCCCCCC)OC(=O)CCCCCCCOC=O.CCCCCCCCCCCOC(=O)CCCCCN1CC(=N/C=C(\N)CN(C)C)CC1C. The Bertz CT molecular complexity index is 1100. The van der Waals surface area contributed by atoms with Crippen LogP contribution in [-0.4, -0.2) is 93.0 Å². The van der Waals surface area contributed by atoms with Crippen LogP contribution in [0.2, 0.25) is 0 Å². The number of hydrogen-bond donors (Lipinski definition) is 1. The second-order valence-electron chi connectivity index (χ2n) is 18.7. The Morgan fingerprint density at radius 3 is 1.65 bits per heavy atom. The first kappa shape index (κ1) is 60.5. The van der Waals surface area contributed by atoms with E-state index in [9.17, 15) is 14.4 Å². The highest BCUT2D eigenvalue weighted by molar-refractivity contribution is 5.89. The summed E-state index contributed by atoms with van der Waals surface area (Å²) in [5.41, 5.74) is 8.00. The van der Waals surface area contributed by atoms with Crippen molar-refractivity contribution in [1.29, 1.82) is 0 Å². The molecular formula is C53H102N4O6. The quantitative estimate of drug-likeness (QED) is 0.0276. The van der Waals surface area contributed by atoms with Gasteiger partial charge in [0.2, 0.25) is 0 Å². The molecule has 1 aliphatic heterocycles. The minimum Gasteiger partial charge on any atom is -0.468 e. The van der Waals surface area contributed by atoms with Gasteiger partial charge < -0.3 is 24.8 Å². The molecule has 0 saturated carbocycles. The van der Waals surface area contributed by atoms with E-state index < -0.39 is 0 Å². The van der Waals surface area contributed by atoms with Crippen LogP contribution in [-0.2, 0) is 28.6 Å². The number of ether oxygens (including phenoxy) is 3. The number of likely N-dealkylation sites (N-methyl/N-ethyl adjacent to an activating group) is 1. The van der Waals surface area contributed by atoms with Crippen molar-refractivity contribution in [2.75, 3.05) is 46.9 Å². The predicted molar refractivity (Wildman–Crippen MR) is 266 cm³/mol. The number of nitrogens with two attached hydrogens (primary N) is 1. The average molecular weight is 891 g/mol. The van der Waals surface area contributed by atoms with Crippen molar-refractivity contribution in [3.05, 3.63) is 11.9 Å². The molecule has 1 unspecified atom stereocenters. The summed E-state index contributed by atoms with van der Waals surface area (Å²) in [5, 5.41) is 0. The average Bonchev–Trinajstić information content (AvgIpc) is 3.62. The van der Waals surface area contributed by atoms with E-state index in [2.05, 4.69) is 42.3 Å². The molecule has 0 aromatic heterocycles. The molecule has 370 valence electrons. The van der Waals surface area contributed by atoms with E-state index in [-0.39, 0.29) is 18.0 Å². The van der Waals surface area contributed by atoms with E-state index in [1.54, 1.807) is 0 Å². The molecule has 0 radical (unpaired) electrons. The molecule has 1 saturated heterocycles. The maximum atomic E-state index is 12.3. The molecular weight excluding hydrogens is 789 g/mol. The van der Waals surface area contributed by atoms with Gasteiger partial charge in [0.1, 0.15) is 6.10 Å². The zero-order valence-corrected chi connectivity index (χ0v) is 42.3. The third kappa shape index (κ3) is 42.0. The van der Waals surface area contributed by atoms with E-state index in [0.29, 0.717) is 38.6 Å². The lowest BCUT2D eigenvalue weighted by Gasteiger charge is -2.19. The van der Waals surface area contributed by atoms with Gasteiger partial charge in [-0.15, -0.1) is 0 Å². The van der Waals surface area contributed by atoms with Crippen molar-refractivity contribution in [3.63, 3.8) is 0 Å². The molecule has 0 amide bonds. The van der Waals surface area contributed by atoms with Gasteiger partial charge in [-0.05, 0) is 85.4 Å². The minimum absolute atomic E-state index is 0.0127. The van der Waals surface area contributed by atoms with Gasteiger partial charge in [0, 0.05) is 56.0 Å². The molecule has 10 heteroatoms. The Hall–Kier alpha value is -2.46. The van der Waals surface area contributed by atoms with Crippen molar-refractivity contribution in [2.24, 2.45) is 10.7 Å². The molecule has 0 spiro atoms. The monoisotopic (exact) mass is 891 g/mol. The van der Waals surface area contributed by atoms with Crippen molar-refractivity contribution < 1.29 is 28.6 Å². The van der Waals surface area contributed by atoms with E-state index in [4.69, 9.17) is 15.2 Å². The molecule has 1 fully saturated rings. The minimum atomic E-state index is -0.0272. The van der Waals surface area contributed by atoms with Gasteiger partial charge in [-0.3, -0.25) is 24.3 Å². The molecule has 0 aromatic rings. The third-order valence-electron chi connectivity index (χ3n) is 12.1. The van der Waals surface area contributed by atoms with E-state index in [1.807, 2.05) is 25.2 Å². The molecule has 0 bridgehead atoms. The van der Waals surface area contributed by atoms with Crippen LogP contribution in [0.25, 0.3) is 0 Å². The highest BCUT2D eigenvalue weighted by Crippen LogP contribution is 2.19. The normalized spacial score (nSPS) is 15.0. The van der Waals surface area contributed by atoms with Gasteiger partial charge in [-0.1, -0.05) is 162 Å². The number of rotatable bonds is 43. The van der Waals surface area contributed by atoms with Crippen molar-refractivity contribution >= 4 is 24.1 Å². The molecule has 0 aliphatic carbocycles. The van der Waals surface area contributed by atoms with Crippen LogP contribution in [0.3, 0.4) is 0 Å². The maximum Gasteiger partial charge on any atom is 0.306 e. The lowest BCUT2D eigenvalue weighted by Crippen LogP contribution is -2.28. The van der Waals surface area contributed by atoms with Crippen molar-refractivity contribution in [2.45, 2.75) is 258 Å². The van der Waals surface area contributed by atoms with Crippen LogP contribution in [0, 0.1) is 0 Å². The molecule has 1 atom stereocenters. The molecule has 1 heterocycles. The van der Waals surface area contributed by atoms with E-state index in [1.165, 1.54) is 134 Å². The third-order valence-corrected chi connectivity index (χ3v) is 12.1. The number of nitrogens with zero attached hydrogens (tertiary/aromatic N) is 3. The standard InChI is InChI=1S/C27H52N4O2.C26H50O4/c1-5-6-7-8-9-10-11-12-16-19-33-27(32)17-14-13-15-18-31-23-26(20-24(31)2)29-21-25(28)22-30(3)4;1-3-5-7-9-12-16-20-25(21-17-13-10-8-6-4-2)30-26(28)22-18-14-11-15-19-23-29-24-27/h21,24H,5-20,22-23,28H2,1-4H3;24-25H,3-23H2,1-2H3/b25-21-,29-26?;. The number of carbonyl (C=O) groups excluding carboxylic acids is 3. The number of unbranched alkanes of at least 4 members (excludes halogenated alkanes) is 24. The Morgan fingerprint density at radius 2 is 1.13 bits per heavy atom. The summed E-state index contributed by atoms with van der Waals surface area (Å²) < 4.78 is 16.0. The number of likely N-dealkylation sites (tertiary alicyclic amines) is 1. The molecule has 1 aliphatic rings. The summed E-state index contributed by atoms with van der Waals surface area (Å²) in [6.45, 7) is 13.3. The van der Waals surface area contributed by atoms with Crippen LogP contribution in [0.4, 0.5) is 0 Å². The van der Waals surface area contributed by atoms with Crippen LogP contribution < -0.4 is 5.73 Å². The largest absolute Gasteiger partial charge is 0.468 e. The second kappa shape index (κ2) is 46.1. The summed E-state index contributed by atoms with van der Waals surface area (Å²) in [4.78, 5) is 43.4. The Balaban J connectivity index is 0.00000123. The van der Waals surface area contributed by atoms with Crippen molar-refractivity contribution in [1.82, 2.24) is 9.80 Å². The Kier molecular flexibility index (Phi) is 44.3. The topological polar surface area (TPSA) is 124 Å². The summed E-state index contributed by atoms with van der Waals surface area (Å²) in [6.07, 6.45) is 41.1. The predicted octanol–water partition coefficient (Wildman–Crippen LogP) is 13.4. The van der Waals surface area contributed by atoms with Crippen LogP contribution in [0.15, 0.2) is 16.9 Å². The number of aliphatic imine (C=N–C) groups is 1. The van der Waals surface area contributed by atoms with Crippen LogP contribution >= 0.6 is 0 Å². The number of carbonyl (C=O) groups is 3. The summed E-state index contributed by atoms with van der Waals surface area (Å²) in [5.74, 6) is -0.0399. The summed E-state index contributed by atoms with van der Waals surface area (Å²) >= 11 is 0. The maximum absolute atomic E-state index is 12.3. The lowest BCUT2D eigenvalue weighted by molar-refractivity contribution is -0.150. The zero-order chi connectivity index (χ0) is 46.4. The molecule has 10 nitrogen and oxygen atoms in total. The fourth-order valence-electron chi connectivity index (χ4n) is 8.17. The van der Waals surface area contributed by atoms with Gasteiger partial charge in [-0.2, -0.15) is 0 Å². The first-order valence-electron chi connectivity index (χ1n) is 26.5. The Labute approximate surface area is 389 Å². The van der Waals surface area contributed by atoms with Crippen molar-refractivity contribution in [3.8, 4) is 0 Å². The lowest BCUT2D eigenvalue weighted by atomic mass is 10.0. The van der Waals surface area contributed by atoms with Crippen LogP contribution in [0.5, 0.6) is 0 Å². The number of hydrogen-bond acceptors (Lipinski definition) is 10. The first-order valence-corrected chi connectivity index (χ1v) is 26.5. The van der Waals surface area contributed by atoms with Crippen LogP contribution in [0.1, 0.15) is 246 Å². The summed E-state index contributed by atoms with van der Waals surface area (Å²) in [6, 6.07) is 0.522. The molecule has 1 rings (SSSR count). The van der Waals surface area contributed by atoms with Gasteiger partial charge in [0.05, 0.1) is 13.2 Å². The highest BCUT2D eigenvalue weighted by Gasteiger charge is 2.24. The van der Waals surface area contributed by atoms with Gasteiger partial charge in [0.25, 0.3) is 6.47 Å².